The molecule has 4 nitrogen and oxygen atoms in total. The third-order valence-corrected chi connectivity index (χ3v) is 6.78. The van der Waals surface area contributed by atoms with Crippen LogP contribution in [-0.2, 0) is 9.84 Å². The highest BCUT2D eigenvalue weighted by Gasteiger charge is 2.45. The molecule has 0 aromatic heterocycles. The Morgan fingerprint density at radius 3 is 2.61 bits per heavy atom. The van der Waals surface area contributed by atoms with Gasteiger partial charge in [-0.3, -0.25) is 4.90 Å². The fourth-order valence-electron chi connectivity index (χ4n) is 4.12. The first-order valence-electron chi connectivity index (χ1n) is 7.29. The zero-order valence-corrected chi connectivity index (χ0v) is 11.8. The number of rotatable bonds is 1. The molecule has 1 spiro atoms. The van der Waals surface area contributed by atoms with E-state index in [0.29, 0.717) is 11.5 Å². The molecule has 5 heteroatoms. The van der Waals surface area contributed by atoms with Gasteiger partial charge in [0, 0.05) is 31.2 Å². The third kappa shape index (κ3) is 2.32. The maximum atomic E-state index is 11.7. The molecule has 0 aromatic carbocycles. The van der Waals surface area contributed by atoms with E-state index in [0.717, 1.165) is 26.1 Å². The zero-order chi connectivity index (χ0) is 12.6. The van der Waals surface area contributed by atoms with E-state index in [1.54, 1.807) is 0 Å². The van der Waals surface area contributed by atoms with Crippen molar-refractivity contribution >= 4 is 9.84 Å². The van der Waals surface area contributed by atoms with Gasteiger partial charge in [0.2, 0.25) is 0 Å². The monoisotopic (exact) mass is 272 g/mol. The molecule has 2 heterocycles. The van der Waals surface area contributed by atoms with Crippen molar-refractivity contribution in [2.75, 3.05) is 31.1 Å². The van der Waals surface area contributed by atoms with E-state index in [4.69, 9.17) is 0 Å². The molecule has 104 valence electrons. The van der Waals surface area contributed by atoms with E-state index in [9.17, 15) is 8.42 Å². The van der Waals surface area contributed by atoms with Crippen LogP contribution in [0.3, 0.4) is 0 Å². The first kappa shape index (κ1) is 12.9. The summed E-state index contributed by atoms with van der Waals surface area (Å²) in [5, 5.41) is 3.53. The summed E-state index contributed by atoms with van der Waals surface area (Å²) >= 11 is 0. The molecule has 3 rings (SSSR count). The van der Waals surface area contributed by atoms with Gasteiger partial charge < -0.3 is 5.32 Å². The molecule has 18 heavy (non-hydrogen) atoms. The predicted molar refractivity (Wildman–Crippen MR) is 72.5 cm³/mol. The van der Waals surface area contributed by atoms with Crippen molar-refractivity contribution < 1.29 is 8.42 Å². The van der Waals surface area contributed by atoms with Gasteiger partial charge in [0.05, 0.1) is 11.5 Å². The van der Waals surface area contributed by atoms with Crippen molar-refractivity contribution in [2.24, 2.45) is 0 Å². The molecule has 1 saturated carbocycles. The lowest BCUT2D eigenvalue weighted by atomic mass is 9.78. The largest absolute Gasteiger partial charge is 0.314 e. The number of piperazine rings is 1. The topological polar surface area (TPSA) is 49.4 Å². The fraction of sp³-hybridized carbons (Fsp3) is 1.00. The lowest BCUT2D eigenvalue weighted by Crippen LogP contribution is -2.65. The van der Waals surface area contributed by atoms with Crippen molar-refractivity contribution in [1.29, 1.82) is 0 Å². The Bertz CT molecular complexity index is 393. The smallest absolute Gasteiger partial charge is 0.151 e. The van der Waals surface area contributed by atoms with Crippen molar-refractivity contribution in [1.82, 2.24) is 10.2 Å². The lowest BCUT2D eigenvalue weighted by molar-refractivity contribution is 0.000356. The van der Waals surface area contributed by atoms with Gasteiger partial charge >= 0.3 is 0 Å². The van der Waals surface area contributed by atoms with E-state index in [-0.39, 0.29) is 11.6 Å². The Morgan fingerprint density at radius 2 is 1.94 bits per heavy atom. The van der Waals surface area contributed by atoms with Crippen molar-refractivity contribution in [2.45, 2.75) is 50.1 Å². The van der Waals surface area contributed by atoms with Gasteiger partial charge in [0.15, 0.2) is 9.84 Å². The van der Waals surface area contributed by atoms with Crippen LogP contribution in [0.15, 0.2) is 0 Å². The molecule has 3 fully saturated rings. The van der Waals surface area contributed by atoms with E-state index in [2.05, 4.69) is 10.2 Å². The van der Waals surface area contributed by atoms with Crippen molar-refractivity contribution in [3.8, 4) is 0 Å². The standard InChI is InChI=1S/C13H24N2O2S/c16-18(17)9-4-12(10-18)15-8-7-14-11-13(15)5-2-1-3-6-13/h12,14H,1-11H2. The van der Waals surface area contributed by atoms with Gasteiger partial charge in [-0.2, -0.15) is 0 Å². The lowest BCUT2D eigenvalue weighted by Gasteiger charge is -2.52. The minimum atomic E-state index is -2.76. The van der Waals surface area contributed by atoms with Gasteiger partial charge in [0.25, 0.3) is 0 Å². The summed E-state index contributed by atoms with van der Waals surface area (Å²) in [6.07, 6.45) is 7.30. The molecule has 0 aromatic rings. The minimum Gasteiger partial charge on any atom is -0.314 e. The quantitative estimate of drug-likeness (QED) is 0.766. The first-order chi connectivity index (χ1) is 8.61. The highest BCUT2D eigenvalue weighted by Crippen LogP contribution is 2.37. The molecule has 2 saturated heterocycles. The van der Waals surface area contributed by atoms with E-state index in [1.807, 2.05) is 0 Å². The summed E-state index contributed by atoms with van der Waals surface area (Å²) in [4.78, 5) is 2.56. The van der Waals surface area contributed by atoms with E-state index in [1.165, 1.54) is 32.1 Å². The molecule has 1 unspecified atom stereocenters. The maximum Gasteiger partial charge on any atom is 0.151 e. The summed E-state index contributed by atoms with van der Waals surface area (Å²) < 4.78 is 23.4. The van der Waals surface area contributed by atoms with Gasteiger partial charge in [-0.25, -0.2) is 8.42 Å². The van der Waals surface area contributed by atoms with E-state index < -0.39 is 9.84 Å². The second-order valence-electron chi connectivity index (χ2n) is 6.21. The van der Waals surface area contributed by atoms with Crippen LogP contribution in [0.25, 0.3) is 0 Å². The van der Waals surface area contributed by atoms with Crippen LogP contribution < -0.4 is 5.32 Å². The summed E-state index contributed by atoms with van der Waals surface area (Å²) in [6.45, 7) is 3.10. The summed E-state index contributed by atoms with van der Waals surface area (Å²) in [7, 11) is -2.76. The molecule has 1 N–H and O–H groups in total. The number of nitrogens with zero attached hydrogens (tertiary/aromatic N) is 1. The third-order valence-electron chi connectivity index (χ3n) is 5.03. The number of sulfone groups is 1. The minimum absolute atomic E-state index is 0.265. The molecule has 0 bridgehead atoms. The van der Waals surface area contributed by atoms with Crippen molar-refractivity contribution in [3.05, 3.63) is 0 Å². The predicted octanol–water partition coefficient (Wildman–Crippen LogP) is 0.782. The Balaban J connectivity index is 1.79. The van der Waals surface area contributed by atoms with E-state index >= 15 is 0 Å². The summed E-state index contributed by atoms with van der Waals surface area (Å²) in [5.74, 6) is 0.798. The summed E-state index contributed by atoms with van der Waals surface area (Å²) in [6, 6.07) is 0.287. The Labute approximate surface area is 110 Å². The number of hydrogen-bond donors (Lipinski definition) is 1. The molecule has 1 atom stereocenters. The highest BCUT2D eigenvalue weighted by molar-refractivity contribution is 7.91. The van der Waals surface area contributed by atoms with Crippen LogP contribution in [0.1, 0.15) is 38.5 Å². The Morgan fingerprint density at radius 1 is 1.17 bits per heavy atom. The second-order valence-corrected chi connectivity index (χ2v) is 8.44. The van der Waals surface area contributed by atoms with Crippen molar-refractivity contribution in [3.63, 3.8) is 0 Å². The van der Waals surface area contributed by atoms with Gasteiger partial charge in [-0.1, -0.05) is 19.3 Å². The molecular formula is C13H24N2O2S. The Kier molecular flexibility index (Phi) is 3.41. The molecular weight excluding hydrogens is 248 g/mol. The van der Waals surface area contributed by atoms with Gasteiger partial charge in [-0.05, 0) is 19.3 Å². The molecule has 3 aliphatic rings. The van der Waals surface area contributed by atoms with Gasteiger partial charge in [0.1, 0.15) is 0 Å². The fourth-order valence-corrected chi connectivity index (χ4v) is 5.85. The average Bonchev–Trinajstić information content (AvgIpc) is 2.71. The zero-order valence-electron chi connectivity index (χ0n) is 11.0. The van der Waals surface area contributed by atoms with Crippen LogP contribution in [0, 0.1) is 0 Å². The van der Waals surface area contributed by atoms with Crippen LogP contribution in [-0.4, -0.2) is 56.0 Å². The van der Waals surface area contributed by atoms with Crippen LogP contribution in [0.5, 0.6) is 0 Å². The van der Waals surface area contributed by atoms with Crippen LogP contribution >= 0.6 is 0 Å². The number of nitrogens with one attached hydrogen (secondary N) is 1. The molecule has 2 aliphatic heterocycles. The summed E-state index contributed by atoms with van der Waals surface area (Å²) in [5.41, 5.74) is 0.265. The van der Waals surface area contributed by atoms with Gasteiger partial charge in [-0.15, -0.1) is 0 Å². The second kappa shape index (κ2) is 4.76. The average molecular weight is 272 g/mol. The normalized spacial score (nSPS) is 35.9. The molecule has 0 radical (unpaired) electrons. The SMILES string of the molecule is O=S1(=O)CCC(N2CCNCC23CCCCC3)C1. The highest BCUT2D eigenvalue weighted by atomic mass is 32.2. The number of hydrogen-bond acceptors (Lipinski definition) is 4. The Hall–Kier alpha value is -0.130. The molecule has 0 amide bonds. The first-order valence-corrected chi connectivity index (χ1v) is 9.11. The molecule has 1 aliphatic carbocycles. The van der Waals surface area contributed by atoms with Crippen LogP contribution in [0.4, 0.5) is 0 Å². The maximum absolute atomic E-state index is 11.7. The van der Waals surface area contributed by atoms with Crippen LogP contribution in [0.2, 0.25) is 0 Å².